The molecule has 0 saturated heterocycles. The lowest BCUT2D eigenvalue weighted by atomic mass is 9.83. The monoisotopic (exact) mass is 620 g/mol. The predicted molar refractivity (Wildman–Crippen MR) is 103 cm³/mol. The number of benzene rings is 2. The topological polar surface area (TPSA) is 0 Å². The average Bonchev–Trinajstić information content (AvgIpc) is 2.79. The first-order valence-corrected chi connectivity index (χ1v) is 10.5. The van der Waals surface area contributed by atoms with Crippen molar-refractivity contribution in [3.8, 4) is 0 Å². The molecule has 0 amide bonds. The molecule has 0 bridgehead atoms. The lowest BCUT2D eigenvalue weighted by Crippen LogP contribution is -2.50. The number of fused-ring (bicyclic) bond motifs is 1. The van der Waals surface area contributed by atoms with Crippen LogP contribution in [0.25, 0.3) is 10.8 Å². The smallest absolute Gasteiger partial charge is 0.203 e. The van der Waals surface area contributed by atoms with Crippen LogP contribution < -0.4 is 0 Å². The summed E-state index contributed by atoms with van der Waals surface area (Å²) in [6, 6.07) is 3.31. The van der Waals surface area contributed by atoms with Crippen LogP contribution >= 0.6 is 0 Å². The van der Waals surface area contributed by atoms with Gasteiger partial charge in [0, 0.05) is 19.3 Å². The zero-order valence-corrected chi connectivity index (χ0v) is 19.0. The van der Waals surface area contributed by atoms with E-state index in [-0.39, 0.29) is 6.07 Å². The summed E-state index contributed by atoms with van der Waals surface area (Å²) in [7, 11) is 0. The molecule has 0 unspecified atom stereocenters. The third kappa shape index (κ3) is 5.90. The maximum absolute atomic E-state index is 14.4. The summed E-state index contributed by atoms with van der Waals surface area (Å²) in [5.74, 6) is -36.9. The maximum Gasteiger partial charge on any atom is 0.369 e. The van der Waals surface area contributed by atoms with Crippen LogP contribution in [0.2, 0.25) is 0 Å². The summed E-state index contributed by atoms with van der Waals surface area (Å²) < 4.78 is 243. The Hall–Kier alpha value is -2.56. The summed E-state index contributed by atoms with van der Waals surface area (Å²) >= 11 is 0. The highest BCUT2D eigenvalue weighted by molar-refractivity contribution is 5.88. The molecule has 18 heteroatoms. The Kier molecular flexibility index (Phi) is 8.99. The number of hydrogen-bond acceptors (Lipinski definition) is 0. The largest absolute Gasteiger partial charge is 0.369 e. The molecule has 0 saturated carbocycles. The molecule has 40 heavy (non-hydrogen) atoms. The van der Waals surface area contributed by atoms with E-state index in [0.29, 0.717) is 6.07 Å². The molecule has 0 aliphatic rings. The molecule has 0 spiro atoms. The molecule has 2 rings (SSSR count). The second kappa shape index (κ2) is 10.7. The van der Waals surface area contributed by atoms with E-state index < -0.39 is 102 Å². The van der Waals surface area contributed by atoms with Gasteiger partial charge in [0.25, 0.3) is 0 Å². The Labute approximate surface area is 211 Å². The van der Waals surface area contributed by atoms with Gasteiger partial charge < -0.3 is 0 Å². The van der Waals surface area contributed by atoms with Crippen LogP contribution in [0.4, 0.5) is 79.0 Å². The van der Waals surface area contributed by atoms with Gasteiger partial charge >= 0.3 is 54.8 Å². The molecule has 0 radical (unpaired) electrons. The molecular formula is C22H14F18. The Morgan fingerprint density at radius 2 is 0.825 bits per heavy atom. The number of hydrogen-bond donors (Lipinski definition) is 0. The van der Waals surface area contributed by atoms with E-state index in [0.717, 1.165) is 18.2 Å². The van der Waals surface area contributed by atoms with Gasteiger partial charge in [0.05, 0.1) is 0 Å². The van der Waals surface area contributed by atoms with E-state index in [2.05, 4.69) is 0 Å². The van der Waals surface area contributed by atoms with Crippen molar-refractivity contribution in [1.29, 1.82) is 0 Å². The number of halogens is 18. The van der Waals surface area contributed by atoms with Gasteiger partial charge in [-0.15, -0.1) is 0 Å². The summed E-state index contributed by atoms with van der Waals surface area (Å²) in [6.07, 6.45) is -24.1. The molecule has 0 aliphatic heterocycles. The summed E-state index contributed by atoms with van der Waals surface area (Å²) in [6.45, 7) is 0. The SMILES string of the molecule is FC(F)C(F)(F)C(F)(F)Cc1cc2ccccc2c(CC(F)(F)C(F)(F)C(F)F)c1CC(F)(F)C(F)(F)C(F)F. The predicted octanol–water partition coefficient (Wildman–Crippen LogP) is 9.07. The van der Waals surface area contributed by atoms with E-state index >= 15 is 0 Å². The first-order valence-electron chi connectivity index (χ1n) is 10.5. The molecule has 228 valence electrons. The van der Waals surface area contributed by atoms with Crippen molar-refractivity contribution in [3.63, 3.8) is 0 Å². The van der Waals surface area contributed by atoms with Crippen molar-refractivity contribution in [1.82, 2.24) is 0 Å². The van der Waals surface area contributed by atoms with Crippen molar-refractivity contribution in [3.05, 3.63) is 47.0 Å². The second-order valence-electron chi connectivity index (χ2n) is 8.63. The minimum Gasteiger partial charge on any atom is -0.203 e. The zero-order valence-electron chi connectivity index (χ0n) is 19.0. The quantitative estimate of drug-likeness (QED) is 0.208. The van der Waals surface area contributed by atoms with Gasteiger partial charge in [-0.2, -0.15) is 52.7 Å². The molecule has 0 aromatic heterocycles. The van der Waals surface area contributed by atoms with Crippen molar-refractivity contribution in [2.24, 2.45) is 0 Å². The third-order valence-electron chi connectivity index (χ3n) is 5.86. The lowest BCUT2D eigenvalue weighted by molar-refractivity contribution is -0.265. The molecule has 0 aliphatic carbocycles. The molecule has 2 aromatic carbocycles. The lowest BCUT2D eigenvalue weighted by Gasteiger charge is -2.32. The second-order valence-corrected chi connectivity index (χ2v) is 8.63. The highest BCUT2D eigenvalue weighted by Gasteiger charge is 2.66. The zero-order chi connectivity index (χ0) is 31.3. The van der Waals surface area contributed by atoms with Crippen LogP contribution in [0.5, 0.6) is 0 Å². The van der Waals surface area contributed by atoms with Gasteiger partial charge in [-0.05, 0) is 27.5 Å². The van der Waals surface area contributed by atoms with Crippen LogP contribution in [-0.4, -0.2) is 54.8 Å². The van der Waals surface area contributed by atoms with E-state index in [1.807, 2.05) is 0 Å². The van der Waals surface area contributed by atoms with E-state index in [4.69, 9.17) is 0 Å². The Morgan fingerprint density at radius 3 is 1.23 bits per heavy atom. The number of alkyl halides is 18. The molecule has 0 heterocycles. The Morgan fingerprint density at radius 1 is 0.475 bits per heavy atom. The fourth-order valence-corrected chi connectivity index (χ4v) is 3.62. The molecule has 0 N–H and O–H groups in total. The van der Waals surface area contributed by atoms with E-state index in [1.54, 1.807) is 0 Å². The van der Waals surface area contributed by atoms with Gasteiger partial charge in [-0.3, -0.25) is 0 Å². The first kappa shape index (κ1) is 33.6. The Balaban J connectivity index is 2.97. The van der Waals surface area contributed by atoms with Gasteiger partial charge in [-0.1, -0.05) is 30.3 Å². The minimum absolute atomic E-state index is 0.170. The minimum atomic E-state index is -6.36. The first-order chi connectivity index (χ1) is 17.8. The average molecular weight is 620 g/mol. The normalized spacial score (nSPS) is 14.7. The Bertz CT molecular complexity index is 1180. The van der Waals surface area contributed by atoms with Crippen LogP contribution in [-0.2, 0) is 19.3 Å². The van der Waals surface area contributed by atoms with Crippen molar-refractivity contribution >= 4 is 10.8 Å². The van der Waals surface area contributed by atoms with Crippen LogP contribution in [0.15, 0.2) is 30.3 Å². The molecule has 0 atom stereocenters. The van der Waals surface area contributed by atoms with Crippen molar-refractivity contribution in [2.75, 3.05) is 0 Å². The molecule has 0 fully saturated rings. The number of rotatable bonds is 12. The fraction of sp³-hybridized carbons (Fsp3) is 0.545. The summed E-state index contributed by atoms with van der Waals surface area (Å²) in [4.78, 5) is 0. The third-order valence-corrected chi connectivity index (χ3v) is 5.86. The highest BCUT2D eigenvalue weighted by atomic mass is 19.4. The van der Waals surface area contributed by atoms with E-state index in [9.17, 15) is 79.0 Å². The van der Waals surface area contributed by atoms with E-state index in [1.165, 1.54) is 0 Å². The van der Waals surface area contributed by atoms with Gasteiger partial charge in [0.1, 0.15) is 0 Å². The van der Waals surface area contributed by atoms with Crippen LogP contribution in [0.1, 0.15) is 16.7 Å². The molecule has 2 aromatic rings. The fourth-order valence-electron chi connectivity index (χ4n) is 3.62. The van der Waals surface area contributed by atoms with Crippen LogP contribution in [0, 0.1) is 0 Å². The van der Waals surface area contributed by atoms with Crippen molar-refractivity contribution < 1.29 is 79.0 Å². The van der Waals surface area contributed by atoms with Gasteiger partial charge in [-0.25, -0.2) is 26.3 Å². The maximum atomic E-state index is 14.4. The summed E-state index contributed by atoms with van der Waals surface area (Å²) in [5.41, 5.74) is -5.63. The summed E-state index contributed by atoms with van der Waals surface area (Å²) in [5, 5.41) is -1.64. The molecule has 0 nitrogen and oxygen atoms in total. The standard InChI is InChI=1S/C22H14F18/c23-14(24)20(35,36)17(29,30)6-10-5-9-3-1-2-4-11(9)13(8-19(33,34)22(39,40)16(27)28)12(10)7-18(31,32)21(37,38)15(25)26/h1-5,14-16H,6-8H2. The highest BCUT2D eigenvalue weighted by Crippen LogP contribution is 2.48. The van der Waals surface area contributed by atoms with Gasteiger partial charge in [0.2, 0.25) is 0 Å². The van der Waals surface area contributed by atoms with Crippen LogP contribution in [0.3, 0.4) is 0 Å². The van der Waals surface area contributed by atoms with Crippen molar-refractivity contribution in [2.45, 2.75) is 74.1 Å². The molecular weight excluding hydrogens is 606 g/mol. The van der Waals surface area contributed by atoms with Gasteiger partial charge in [0.15, 0.2) is 0 Å².